The highest BCUT2D eigenvalue weighted by molar-refractivity contribution is 9.10. The topological polar surface area (TPSA) is 38.3 Å². The van der Waals surface area contributed by atoms with E-state index in [2.05, 4.69) is 21.2 Å². The molecule has 1 N–H and O–H groups in total. The third-order valence-electron chi connectivity index (χ3n) is 3.08. The van der Waals surface area contributed by atoms with Gasteiger partial charge in [-0.05, 0) is 42.0 Å². The monoisotopic (exact) mass is 351 g/mol. The maximum atomic E-state index is 12.2. The van der Waals surface area contributed by atoms with Crippen LogP contribution in [0.5, 0.6) is 5.75 Å². The first-order chi connectivity index (χ1) is 9.61. The van der Waals surface area contributed by atoms with Crippen molar-refractivity contribution in [1.29, 1.82) is 0 Å². The minimum Gasteiger partial charge on any atom is -0.480 e. The van der Waals surface area contributed by atoms with E-state index in [0.717, 1.165) is 21.5 Å². The predicted octanol–water partition coefficient (Wildman–Crippen LogP) is 4.04. The molecule has 0 aliphatic carbocycles. The molecule has 3 nitrogen and oxygen atoms in total. The molecule has 0 aromatic heterocycles. The van der Waals surface area contributed by atoms with Gasteiger partial charge in [0, 0.05) is 21.6 Å². The van der Waals surface area contributed by atoms with Crippen LogP contribution in [0, 0.1) is 0 Å². The molecule has 0 spiro atoms. The van der Waals surface area contributed by atoms with Gasteiger partial charge in [-0.15, -0.1) is 0 Å². The Kier molecular flexibility index (Phi) is 3.68. The fourth-order valence-corrected chi connectivity index (χ4v) is 2.75. The molecular formula is C15H11BrClNO2. The molecule has 2 aromatic carbocycles. The number of hydrogen-bond acceptors (Lipinski definition) is 2. The van der Waals surface area contributed by atoms with E-state index in [1.54, 1.807) is 12.1 Å². The second-order valence-electron chi connectivity index (χ2n) is 4.56. The van der Waals surface area contributed by atoms with Crippen LogP contribution < -0.4 is 10.1 Å². The third-order valence-corrected chi connectivity index (χ3v) is 3.81. The van der Waals surface area contributed by atoms with E-state index in [9.17, 15) is 4.79 Å². The number of rotatable bonds is 2. The molecule has 1 atom stereocenters. The highest BCUT2D eigenvalue weighted by Crippen LogP contribution is 2.31. The SMILES string of the molecule is O=C(Nc1cccc(Br)c1)C1Cc2cc(Cl)ccc2O1. The van der Waals surface area contributed by atoms with Crippen molar-refractivity contribution < 1.29 is 9.53 Å². The van der Waals surface area contributed by atoms with Crippen LogP contribution in [0.4, 0.5) is 5.69 Å². The molecule has 1 aliphatic rings. The molecule has 3 rings (SSSR count). The lowest BCUT2D eigenvalue weighted by Gasteiger charge is -2.11. The van der Waals surface area contributed by atoms with Crippen molar-refractivity contribution in [1.82, 2.24) is 0 Å². The Morgan fingerprint density at radius 1 is 1.30 bits per heavy atom. The molecule has 1 heterocycles. The molecular weight excluding hydrogens is 342 g/mol. The summed E-state index contributed by atoms with van der Waals surface area (Å²) in [6.07, 6.45) is 0.0258. The highest BCUT2D eigenvalue weighted by Gasteiger charge is 2.29. The largest absolute Gasteiger partial charge is 0.480 e. The molecule has 1 aliphatic heterocycles. The number of benzene rings is 2. The maximum Gasteiger partial charge on any atom is 0.265 e. The van der Waals surface area contributed by atoms with Gasteiger partial charge >= 0.3 is 0 Å². The van der Waals surface area contributed by atoms with Crippen LogP contribution in [0.15, 0.2) is 46.9 Å². The lowest BCUT2D eigenvalue weighted by Crippen LogP contribution is -2.31. The Morgan fingerprint density at radius 2 is 2.15 bits per heavy atom. The van der Waals surface area contributed by atoms with Crippen LogP contribution in [0.1, 0.15) is 5.56 Å². The average Bonchev–Trinajstić information content (AvgIpc) is 2.81. The standard InChI is InChI=1S/C15H11BrClNO2/c16-10-2-1-3-12(8-10)18-15(19)14-7-9-6-11(17)4-5-13(9)20-14/h1-6,8,14H,7H2,(H,18,19). The normalized spacial score (nSPS) is 16.4. The Balaban J connectivity index is 1.71. The van der Waals surface area contributed by atoms with Crippen LogP contribution >= 0.6 is 27.5 Å². The summed E-state index contributed by atoms with van der Waals surface area (Å²) in [6.45, 7) is 0. The van der Waals surface area contributed by atoms with Crippen molar-refractivity contribution in [3.8, 4) is 5.75 Å². The number of anilines is 1. The van der Waals surface area contributed by atoms with Crippen molar-refractivity contribution in [3.63, 3.8) is 0 Å². The number of nitrogens with one attached hydrogen (secondary N) is 1. The number of halogens is 2. The van der Waals surface area contributed by atoms with Crippen molar-refractivity contribution >= 4 is 39.1 Å². The summed E-state index contributed by atoms with van der Waals surface area (Å²) in [7, 11) is 0. The van der Waals surface area contributed by atoms with Gasteiger partial charge < -0.3 is 10.1 Å². The minimum absolute atomic E-state index is 0.157. The van der Waals surface area contributed by atoms with E-state index < -0.39 is 6.10 Å². The minimum atomic E-state index is -0.512. The fourth-order valence-electron chi connectivity index (χ4n) is 2.15. The van der Waals surface area contributed by atoms with E-state index in [0.29, 0.717) is 11.4 Å². The van der Waals surface area contributed by atoms with Gasteiger partial charge in [0.2, 0.25) is 0 Å². The zero-order valence-electron chi connectivity index (χ0n) is 10.4. The number of carbonyl (C=O) groups excluding carboxylic acids is 1. The van der Waals surface area contributed by atoms with E-state index in [-0.39, 0.29) is 5.91 Å². The molecule has 0 fully saturated rings. The van der Waals surface area contributed by atoms with Gasteiger partial charge in [-0.3, -0.25) is 4.79 Å². The van der Waals surface area contributed by atoms with Gasteiger partial charge in [-0.25, -0.2) is 0 Å². The van der Waals surface area contributed by atoms with E-state index >= 15 is 0 Å². The summed E-state index contributed by atoms with van der Waals surface area (Å²) in [5, 5.41) is 3.50. The number of ether oxygens (including phenoxy) is 1. The van der Waals surface area contributed by atoms with Crippen LogP contribution in [0.25, 0.3) is 0 Å². The maximum absolute atomic E-state index is 12.2. The molecule has 20 heavy (non-hydrogen) atoms. The van der Waals surface area contributed by atoms with Gasteiger partial charge in [0.15, 0.2) is 6.10 Å². The summed E-state index contributed by atoms with van der Waals surface area (Å²) in [4.78, 5) is 12.2. The van der Waals surface area contributed by atoms with Crippen LogP contribution in [-0.4, -0.2) is 12.0 Å². The predicted molar refractivity (Wildman–Crippen MR) is 82.3 cm³/mol. The quantitative estimate of drug-likeness (QED) is 0.885. The Morgan fingerprint density at radius 3 is 2.95 bits per heavy atom. The second-order valence-corrected chi connectivity index (χ2v) is 5.91. The summed E-state index contributed by atoms with van der Waals surface area (Å²) >= 11 is 9.31. The number of carbonyl (C=O) groups is 1. The lowest BCUT2D eigenvalue weighted by molar-refractivity contribution is -0.122. The smallest absolute Gasteiger partial charge is 0.265 e. The first kappa shape index (κ1) is 13.5. The average molecular weight is 353 g/mol. The molecule has 0 radical (unpaired) electrons. The molecule has 102 valence electrons. The van der Waals surface area contributed by atoms with E-state index in [1.165, 1.54) is 0 Å². The molecule has 1 unspecified atom stereocenters. The van der Waals surface area contributed by atoms with Gasteiger partial charge in [0.05, 0.1) is 0 Å². The second kappa shape index (κ2) is 5.46. The molecule has 0 saturated heterocycles. The zero-order valence-corrected chi connectivity index (χ0v) is 12.7. The van der Waals surface area contributed by atoms with E-state index in [4.69, 9.17) is 16.3 Å². The molecule has 0 bridgehead atoms. The zero-order chi connectivity index (χ0) is 14.1. The summed E-state index contributed by atoms with van der Waals surface area (Å²) in [5.41, 5.74) is 1.70. The van der Waals surface area contributed by atoms with Crippen molar-refractivity contribution in [2.45, 2.75) is 12.5 Å². The Bertz CT molecular complexity index is 675. The first-order valence-corrected chi connectivity index (χ1v) is 7.30. The van der Waals surface area contributed by atoms with Crippen molar-refractivity contribution in [2.24, 2.45) is 0 Å². The third kappa shape index (κ3) is 2.81. The van der Waals surface area contributed by atoms with Crippen LogP contribution in [0.2, 0.25) is 5.02 Å². The fraction of sp³-hybridized carbons (Fsp3) is 0.133. The van der Waals surface area contributed by atoms with Crippen molar-refractivity contribution in [2.75, 3.05) is 5.32 Å². The summed E-state index contributed by atoms with van der Waals surface area (Å²) in [5.74, 6) is 0.569. The van der Waals surface area contributed by atoms with Gasteiger partial charge in [-0.2, -0.15) is 0 Å². The van der Waals surface area contributed by atoms with Crippen LogP contribution in [0.3, 0.4) is 0 Å². The van der Waals surface area contributed by atoms with Gasteiger partial charge in [0.25, 0.3) is 5.91 Å². The van der Waals surface area contributed by atoms with Gasteiger partial charge in [0.1, 0.15) is 5.75 Å². The number of fused-ring (bicyclic) bond motifs is 1. The van der Waals surface area contributed by atoms with Crippen LogP contribution in [-0.2, 0) is 11.2 Å². The van der Waals surface area contributed by atoms with Crippen molar-refractivity contribution in [3.05, 3.63) is 57.5 Å². The Labute approximate surface area is 130 Å². The number of amides is 1. The molecule has 1 amide bonds. The summed E-state index contributed by atoms with van der Waals surface area (Å²) < 4.78 is 6.56. The first-order valence-electron chi connectivity index (χ1n) is 6.13. The Hall–Kier alpha value is -1.52. The summed E-state index contributed by atoms with van der Waals surface area (Å²) in [6, 6.07) is 12.8. The molecule has 0 saturated carbocycles. The van der Waals surface area contributed by atoms with Gasteiger partial charge in [-0.1, -0.05) is 33.6 Å². The number of hydrogen-bond donors (Lipinski definition) is 1. The lowest BCUT2D eigenvalue weighted by atomic mass is 10.1. The molecule has 5 heteroatoms. The van der Waals surface area contributed by atoms with E-state index in [1.807, 2.05) is 30.3 Å². The highest BCUT2D eigenvalue weighted by atomic mass is 79.9. The molecule has 2 aromatic rings.